The Hall–Kier alpha value is -1.83. The van der Waals surface area contributed by atoms with E-state index in [1.807, 2.05) is 6.92 Å². The maximum Gasteiger partial charge on any atom is 0.421 e. The van der Waals surface area contributed by atoms with Crippen LogP contribution in [0.2, 0.25) is 0 Å². The first kappa shape index (κ1) is 21.2. The Morgan fingerprint density at radius 2 is 1.92 bits per heavy atom. The molecule has 0 saturated carbocycles. The maximum atomic E-state index is 14.3. The number of aliphatic hydroxyl groups is 1. The maximum absolute atomic E-state index is 14.3. The van der Waals surface area contributed by atoms with Crippen molar-refractivity contribution >= 4 is 12.0 Å². The van der Waals surface area contributed by atoms with Gasteiger partial charge in [-0.1, -0.05) is 19.8 Å². The van der Waals surface area contributed by atoms with E-state index in [9.17, 15) is 22.7 Å². The highest BCUT2D eigenvalue weighted by Crippen LogP contribution is 2.47. The lowest BCUT2D eigenvalue weighted by molar-refractivity contribution is -0.270. The summed E-state index contributed by atoms with van der Waals surface area (Å²) in [7, 11) is 2.89. The van der Waals surface area contributed by atoms with E-state index < -0.39 is 29.6 Å². The van der Waals surface area contributed by atoms with Crippen LogP contribution in [-0.4, -0.2) is 43.2 Å². The van der Waals surface area contributed by atoms with Crippen molar-refractivity contribution < 1.29 is 27.4 Å². The Balaban J connectivity index is 3.43. The van der Waals surface area contributed by atoms with E-state index in [0.29, 0.717) is 19.0 Å². The first-order chi connectivity index (χ1) is 11.6. The van der Waals surface area contributed by atoms with Crippen LogP contribution in [0.3, 0.4) is 0 Å². The average Bonchev–Trinajstić information content (AvgIpc) is 2.56. The molecule has 0 fully saturated rings. The average molecular weight is 364 g/mol. The predicted octanol–water partition coefficient (Wildman–Crippen LogP) is 4.39. The Morgan fingerprint density at radius 3 is 2.40 bits per heavy atom. The van der Waals surface area contributed by atoms with Gasteiger partial charge >= 0.3 is 6.18 Å². The van der Waals surface area contributed by atoms with Crippen molar-refractivity contribution in [1.29, 1.82) is 0 Å². The summed E-state index contributed by atoms with van der Waals surface area (Å²) in [5.74, 6) is -1.22. The van der Waals surface area contributed by atoms with Crippen LogP contribution in [0.15, 0.2) is 17.1 Å². The molecule has 25 heavy (non-hydrogen) atoms. The van der Waals surface area contributed by atoms with E-state index in [1.54, 1.807) is 18.9 Å². The van der Waals surface area contributed by atoms with Gasteiger partial charge in [0.15, 0.2) is 5.60 Å². The van der Waals surface area contributed by atoms with Gasteiger partial charge in [0.1, 0.15) is 17.3 Å². The predicted molar refractivity (Wildman–Crippen MR) is 88.9 cm³/mol. The van der Waals surface area contributed by atoms with Crippen LogP contribution in [0.5, 0.6) is 5.75 Å². The summed E-state index contributed by atoms with van der Waals surface area (Å²) >= 11 is 0. The number of benzene rings is 1. The summed E-state index contributed by atoms with van der Waals surface area (Å²) in [6.45, 7) is 4.20. The summed E-state index contributed by atoms with van der Waals surface area (Å²) in [5, 5.41) is 10.3. The zero-order chi connectivity index (χ0) is 19.3. The molecule has 0 aliphatic carbocycles. The highest BCUT2D eigenvalue weighted by atomic mass is 19.4. The molecule has 0 spiro atoms. The van der Waals surface area contributed by atoms with Crippen LogP contribution in [0.1, 0.15) is 38.7 Å². The number of aliphatic imine (C=N–C) groups is 1. The molecule has 0 heterocycles. The highest BCUT2D eigenvalue weighted by molar-refractivity contribution is 5.63. The van der Waals surface area contributed by atoms with Gasteiger partial charge in [0.25, 0.3) is 0 Å². The summed E-state index contributed by atoms with van der Waals surface area (Å²) in [4.78, 5) is 5.59. The number of unbranched alkanes of at least 4 members (excludes halogenated alkanes) is 1. The SMILES string of the molecule is CCCCC(O)(c1cc(F)c(N=CN(C)CC)cc1OC)C(F)(F)F. The summed E-state index contributed by atoms with van der Waals surface area (Å²) in [6, 6.07) is 1.72. The fourth-order valence-corrected chi connectivity index (χ4v) is 2.24. The van der Waals surface area contributed by atoms with Crippen molar-refractivity contribution in [3.8, 4) is 5.75 Å². The monoisotopic (exact) mass is 364 g/mol. The molecular formula is C17H24F4N2O2. The fraction of sp³-hybridized carbons (Fsp3) is 0.588. The minimum atomic E-state index is -4.96. The van der Waals surface area contributed by atoms with E-state index in [4.69, 9.17) is 4.74 Å². The lowest BCUT2D eigenvalue weighted by Gasteiger charge is -2.32. The first-order valence-corrected chi connectivity index (χ1v) is 8.02. The van der Waals surface area contributed by atoms with Crippen molar-refractivity contribution in [2.45, 2.75) is 44.9 Å². The van der Waals surface area contributed by atoms with E-state index in [-0.39, 0.29) is 17.9 Å². The van der Waals surface area contributed by atoms with Crippen LogP contribution in [-0.2, 0) is 5.60 Å². The molecule has 0 aromatic heterocycles. The third-order valence-electron chi connectivity index (χ3n) is 3.97. The molecule has 0 bridgehead atoms. The summed E-state index contributed by atoms with van der Waals surface area (Å²) in [5.41, 5.74) is -3.99. The van der Waals surface area contributed by atoms with Crippen molar-refractivity contribution in [2.75, 3.05) is 20.7 Å². The van der Waals surface area contributed by atoms with E-state index in [0.717, 1.165) is 6.07 Å². The molecule has 1 aromatic carbocycles. The summed E-state index contributed by atoms with van der Waals surface area (Å²) < 4.78 is 59.8. The number of rotatable bonds is 8. The first-order valence-electron chi connectivity index (χ1n) is 8.02. The zero-order valence-electron chi connectivity index (χ0n) is 14.8. The second-order valence-electron chi connectivity index (χ2n) is 5.78. The molecule has 0 saturated heterocycles. The van der Waals surface area contributed by atoms with Crippen molar-refractivity contribution in [3.63, 3.8) is 0 Å². The molecule has 1 rings (SSSR count). The minimum Gasteiger partial charge on any atom is -0.496 e. The molecule has 1 aromatic rings. The van der Waals surface area contributed by atoms with Crippen LogP contribution in [0.25, 0.3) is 0 Å². The van der Waals surface area contributed by atoms with Crippen molar-refractivity contribution in [1.82, 2.24) is 4.90 Å². The van der Waals surface area contributed by atoms with Gasteiger partial charge in [0.05, 0.1) is 13.4 Å². The smallest absolute Gasteiger partial charge is 0.421 e. The van der Waals surface area contributed by atoms with Gasteiger partial charge in [-0.2, -0.15) is 13.2 Å². The Bertz CT molecular complexity index is 605. The van der Waals surface area contributed by atoms with E-state index >= 15 is 0 Å². The largest absolute Gasteiger partial charge is 0.496 e. The second-order valence-corrected chi connectivity index (χ2v) is 5.78. The van der Waals surface area contributed by atoms with Gasteiger partial charge in [-0.3, -0.25) is 0 Å². The molecule has 0 radical (unpaired) electrons. The lowest BCUT2D eigenvalue weighted by Crippen LogP contribution is -2.42. The molecule has 0 aliphatic rings. The van der Waals surface area contributed by atoms with Gasteiger partial charge in [-0.15, -0.1) is 0 Å². The molecule has 1 unspecified atom stereocenters. The molecule has 4 nitrogen and oxygen atoms in total. The molecule has 8 heteroatoms. The molecular weight excluding hydrogens is 340 g/mol. The third-order valence-corrected chi connectivity index (χ3v) is 3.97. The van der Waals surface area contributed by atoms with Gasteiger partial charge in [0, 0.05) is 25.2 Å². The van der Waals surface area contributed by atoms with Gasteiger partial charge in [-0.25, -0.2) is 9.38 Å². The molecule has 1 atom stereocenters. The highest BCUT2D eigenvalue weighted by Gasteiger charge is 2.55. The van der Waals surface area contributed by atoms with Crippen LogP contribution in [0, 0.1) is 5.82 Å². The minimum absolute atomic E-state index is 0.127. The quantitative estimate of drug-likeness (QED) is 0.423. The van der Waals surface area contributed by atoms with Crippen LogP contribution >= 0.6 is 0 Å². The van der Waals surface area contributed by atoms with Gasteiger partial charge in [0.2, 0.25) is 0 Å². The molecule has 1 N–H and O–H groups in total. The Labute approximate surface area is 145 Å². The normalized spacial score (nSPS) is 14.6. The topological polar surface area (TPSA) is 45.1 Å². The van der Waals surface area contributed by atoms with E-state index in [1.165, 1.54) is 13.4 Å². The fourth-order valence-electron chi connectivity index (χ4n) is 2.24. The lowest BCUT2D eigenvalue weighted by atomic mass is 9.87. The van der Waals surface area contributed by atoms with Crippen molar-refractivity contribution in [3.05, 3.63) is 23.5 Å². The number of alkyl halides is 3. The standard InChI is InChI=1S/C17H24F4N2O2/c1-5-7-8-16(24,17(19,20)21)12-9-13(18)14(10-15(12)25-4)22-11-23(3)6-2/h9-11,24H,5-8H2,1-4H3. The zero-order valence-corrected chi connectivity index (χ0v) is 14.8. The van der Waals surface area contributed by atoms with Crippen molar-refractivity contribution in [2.24, 2.45) is 4.99 Å². The third kappa shape index (κ3) is 4.84. The van der Waals surface area contributed by atoms with Crippen LogP contribution in [0.4, 0.5) is 23.2 Å². The van der Waals surface area contributed by atoms with Gasteiger partial charge < -0.3 is 14.7 Å². The number of hydrogen-bond donors (Lipinski definition) is 1. The second kappa shape index (κ2) is 8.51. The Kier molecular flexibility index (Phi) is 7.22. The van der Waals surface area contributed by atoms with Crippen LogP contribution < -0.4 is 4.74 Å². The molecule has 0 amide bonds. The number of ether oxygens (including phenoxy) is 1. The molecule has 142 valence electrons. The molecule has 0 aliphatic heterocycles. The number of methoxy groups -OCH3 is 1. The summed E-state index contributed by atoms with van der Waals surface area (Å²) in [6.07, 6.45) is -3.60. The number of nitrogens with zero attached hydrogens (tertiary/aromatic N) is 2. The number of halogens is 4. The van der Waals surface area contributed by atoms with E-state index in [2.05, 4.69) is 4.99 Å². The Morgan fingerprint density at radius 1 is 1.28 bits per heavy atom. The number of hydrogen-bond acceptors (Lipinski definition) is 3. The van der Waals surface area contributed by atoms with Gasteiger partial charge in [-0.05, 0) is 19.4 Å².